The first kappa shape index (κ1) is 44.2. The van der Waals surface area contributed by atoms with Crippen LogP contribution in [0.15, 0.2) is 0 Å². The minimum absolute atomic E-state index is 0. The molecule has 0 heterocycles. The van der Waals surface area contributed by atoms with Crippen molar-refractivity contribution in [1.29, 1.82) is 0 Å². The standard InChI is InChI=1S/5CH2O4.Al.Mg/c5*2-1(3)5-4;;/h5*4H,(H,2,3);;/q;;;;;+3;+2/p-5. The Morgan fingerprint density at radius 2 is 0.481 bits per heavy atom. The number of carbonyl (C=O) groups is 5. The van der Waals surface area contributed by atoms with E-state index < -0.39 is 30.8 Å². The monoisotopic (exact) mass is 436 g/mol. The van der Waals surface area contributed by atoms with Crippen LogP contribution in [-0.4, -0.2) is 97.5 Å². The molecule has 0 saturated carbocycles. The summed E-state index contributed by atoms with van der Waals surface area (Å²) < 4.78 is 0. The largest absolute Gasteiger partial charge is 3.00 e. The smallest absolute Gasteiger partial charge is 0.424 e. The van der Waals surface area contributed by atoms with Crippen LogP contribution in [0.3, 0.4) is 0 Å². The maximum Gasteiger partial charge on any atom is 3.00 e. The van der Waals surface area contributed by atoms with Crippen molar-refractivity contribution in [2.75, 3.05) is 0 Å². The van der Waals surface area contributed by atoms with E-state index >= 15 is 0 Å². The average Bonchev–Trinajstić information content (AvgIpc) is 2.56. The maximum absolute atomic E-state index is 8.78. The summed E-state index contributed by atoms with van der Waals surface area (Å²) in [6.07, 6.45) is -9.70. The number of hydrogen-bond acceptors (Lipinski definition) is 20. The van der Waals surface area contributed by atoms with Crippen LogP contribution in [0.4, 0.5) is 24.0 Å². The zero-order valence-electron chi connectivity index (χ0n) is 12.1. The van der Waals surface area contributed by atoms with Gasteiger partial charge in [0.25, 0.3) is 30.8 Å². The van der Waals surface area contributed by atoms with Crippen LogP contribution in [-0.2, 0) is 24.4 Å². The molecule has 0 aromatic heterocycles. The molecule has 0 rings (SSSR count). The summed E-state index contributed by atoms with van der Waals surface area (Å²) in [7, 11) is 0. The number of hydrogen-bond donors (Lipinski definition) is 5. The molecule has 0 bridgehead atoms. The molecule has 0 fully saturated rings. The van der Waals surface area contributed by atoms with Gasteiger partial charge in [0.2, 0.25) is 0 Å². The molecule has 150 valence electrons. The first-order valence-electron chi connectivity index (χ1n) is 3.97. The van der Waals surface area contributed by atoms with E-state index in [2.05, 4.69) is 24.4 Å². The van der Waals surface area contributed by atoms with E-state index in [-0.39, 0.29) is 40.4 Å². The SMILES string of the molecule is O=C([O-])OO.O=C([O-])OO.O=C([O-])OO.O=C([O-])OO.O=C([O-])OO.[Al+3].[Mg+2]. The van der Waals surface area contributed by atoms with Gasteiger partial charge in [-0.3, -0.25) is 26.3 Å². The van der Waals surface area contributed by atoms with Gasteiger partial charge in [-0.25, -0.2) is 0 Å². The van der Waals surface area contributed by atoms with Crippen LogP contribution >= 0.6 is 0 Å². The first-order chi connectivity index (χ1) is 11.4. The second-order valence-electron chi connectivity index (χ2n) is 1.71. The van der Waals surface area contributed by atoms with Crippen molar-refractivity contribution in [3.05, 3.63) is 0 Å². The van der Waals surface area contributed by atoms with Gasteiger partial charge >= 0.3 is 40.4 Å². The molecule has 0 aliphatic heterocycles. The van der Waals surface area contributed by atoms with Crippen molar-refractivity contribution in [1.82, 2.24) is 0 Å². The Morgan fingerprint density at radius 1 is 0.444 bits per heavy atom. The molecule has 0 aliphatic carbocycles. The van der Waals surface area contributed by atoms with Gasteiger partial charge in [-0.05, 0) is 0 Å². The second-order valence-corrected chi connectivity index (χ2v) is 1.71. The predicted octanol–water partition coefficient (Wildman–Crippen LogP) is -6.67. The molecule has 0 atom stereocenters. The van der Waals surface area contributed by atoms with E-state index in [0.717, 1.165) is 0 Å². The quantitative estimate of drug-likeness (QED) is 0.102. The molecule has 0 radical (unpaired) electrons. The Balaban J connectivity index is -0.0000000364. The Bertz CT molecular complexity index is 288. The van der Waals surface area contributed by atoms with Gasteiger partial charge in [-0.2, -0.15) is 0 Å². The normalized spacial score (nSPS) is 6.11. The summed E-state index contributed by atoms with van der Waals surface area (Å²) in [5.41, 5.74) is 0. The van der Waals surface area contributed by atoms with Crippen LogP contribution in [0, 0.1) is 0 Å². The molecular weight excluding hydrogens is 431 g/mol. The topological polar surface area (TPSA) is 348 Å². The summed E-state index contributed by atoms with van der Waals surface area (Å²) in [5.74, 6) is 0. The average molecular weight is 436 g/mol. The minimum Gasteiger partial charge on any atom is -0.424 e. The van der Waals surface area contributed by atoms with Gasteiger partial charge in [0.1, 0.15) is 0 Å². The van der Waals surface area contributed by atoms with Gasteiger partial charge in [0.05, 0.1) is 0 Å². The first-order valence-corrected chi connectivity index (χ1v) is 3.97. The van der Waals surface area contributed by atoms with E-state index in [4.69, 9.17) is 75.8 Å². The fourth-order valence-corrected chi connectivity index (χ4v) is 0. The van der Waals surface area contributed by atoms with Crippen LogP contribution < -0.4 is 25.5 Å². The number of carboxylic acid groups (broad SMARTS) is 5. The fourth-order valence-electron chi connectivity index (χ4n) is 0. The van der Waals surface area contributed by atoms with Gasteiger partial charge in [-0.15, -0.1) is 0 Å². The van der Waals surface area contributed by atoms with E-state index in [9.17, 15) is 0 Å². The minimum atomic E-state index is -1.94. The van der Waals surface area contributed by atoms with E-state index in [1.54, 1.807) is 0 Å². The summed E-state index contributed by atoms with van der Waals surface area (Å²) in [6.45, 7) is 0. The van der Waals surface area contributed by atoms with Gasteiger partial charge in [0.15, 0.2) is 0 Å². The Labute approximate surface area is 171 Å². The Morgan fingerprint density at radius 3 is 0.481 bits per heavy atom. The predicted molar refractivity (Wildman–Crippen MR) is 57.1 cm³/mol. The van der Waals surface area contributed by atoms with Crippen molar-refractivity contribution in [3.63, 3.8) is 0 Å². The second kappa shape index (κ2) is 38.8. The molecule has 20 nitrogen and oxygen atoms in total. The van der Waals surface area contributed by atoms with Crippen molar-refractivity contribution < 1.29 is 100 Å². The molecule has 22 heteroatoms. The third kappa shape index (κ3) is 194. The third-order valence-corrected chi connectivity index (χ3v) is 0.373. The fraction of sp³-hybridized carbons (Fsp3) is 0. The van der Waals surface area contributed by atoms with Crippen LogP contribution in [0.1, 0.15) is 0 Å². The van der Waals surface area contributed by atoms with Crippen LogP contribution in [0.5, 0.6) is 0 Å². The summed E-state index contributed by atoms with van der Waals surface area (Å²) >= 11 is 0. The van der Waals surface area contributed by atoms with Crippen molar-refractivity contribution >= 4 is 71.2 Å². The maximum atomic E-state index is 8.78. The van der Waals surface area contributed by atoms with E-state index in [1.165, 1.54) is 0 Å². The zero-order chi connectivity index (χ0) is 21.4. The van der Waals surface area contributed by atoms with Gasteiger partial charge in [0, 0.05) is 0 Å². The van der Waals surface area contributed by atoms with Crippen molar-refractivity contribution in [2.24, 2.45) is 0 Å². The van der Waals surface area contributed by atoms with Gasteiger partial charge < -0.3 is 73.9 Å². The number of carbonyl (C=O) groups excluding carboxylic acids is 5. The molecule has 27 heavy (non-hydrogen) atoms. The molecule has 0 unspecified atom stereocenters. The molecule has 0 amide bonds. The van der Waals surface area contributed by atoms with Crippen LogP contribution in [0.2, 0.25) is 0 Å². The van der Waals surface area contributed by atoms with E-state index in [0.29, 0.717) is 0 Å². The van der Waals surface area contributed by atoms with Crippen molar-refractivity contribution in [2.45, 2.75) is 0 Å². The summed E-state index contributed by atoms with van der Waals surface area (Å²) in [5, 5.41) is 78.8. The van der Waals surface area contributed by atoms with Gasteiger partial charge in [-0.1, -0.05) is 0 Å². The van der Waals surface area contributed by atoms with Crippen LogP contribution in [0.25, 0.3) is 0 Å². The van der Waals surface area contributed by atoms with Crippen molar-refractivity contribution in [3.8, 4) is 0 Å². The Kier molecular flexibility index (Phi) is 63.5. The molecule has 0 spiro atoms. The zero-order valence-corrected chi connectivity index (χ0v) is 14.7. The molecule has 5 N–H and O–H groups in total. The molecule has 0 aliphatic rings. The molecule has 0 aromatic rings. The molecule has 0 aromatic carbocycles. The number of rotatable bonds is 0. The Hall–Kier alpha value is -2.55. The van der Waals surface area contributed by atoms with E-state index in [1.807, 2.05) is 0 Å². The third-order valence-electron chi connectivity index (χ3n) is 0.373. The summed E-state index contributed by atoms with van der Waals surface area (Å²) in [6, 6.07) is 0. The molecular formula is C5H5AlMgO20. The summed E-state index contributed by atoms with van der Waals surface area (Å²) in [4.78, 5) is 56.7. The molecule has 0 saturated heterocycles.